The summed E-state index contributed by atoms with van der Waals surface area (Å²) >= 11 is 0.922. The van der Waals surface area contributed by atoms with Gasteiger partial charge in [-0.3, -0.25) is 9.78 Å². The van der Waals surface area contributed by atoms with E-state index >= 15 is 0 Å². The summed E-state index contributed by atoms with van der Waals surface area (Å²) in [7, 11) is 0. The highest BCUT2D eigenvalue weighted by Gasteiger charge is 2.23. The number of pyridine rings is 1. The van der Waals surface area contributed by atoms with Crippen LogP contribution in [0.5, 0.6) is 0 Å². The smallest absolute Gasteiger partial charge is 0.315 e. The van der Waals surface area contributed by atoms with Crippen LogP contribution in [0, 0.1) is 17.5 Å². The Bertz CT molecular complexity index is 1210. The molecule has 0 amide bonds. The molecule has 1 N–H and O–H groups in total. The molecule has 0 aliphatic carbocycles. The number of thiazole rings is 1. The standard InChI is InChI=1S/C21H13F3N2O2S/c22-14-8-15(23)20-19(18(14)24)26-16(29-20)7-11-6-13(10-25-9-11)17(21(27)28)12-4-2-1-3-5-12/h1-6,8-10,17H,7H2,(H,27,28). The van der Waals surface area contributed by atoms with Gasteiger partial charge in [0.05, 0.1) is 9.71 Å². The van der Waals surface area contributed by atoms with Gasteiger partial charge in [0, 0.05) is 24.9 Å². The number of halogens is 3. The summed E-state index contributed by atoms with van der Waals surface area (Å²) in [5.74, 6) is -5.27. The van der Waals surface area contributed by atoms with Gasteiger partial charge in [-0.05, 0) is 16.7 Å². The first-order valence-corrected chi connectivity index (χ1v) is 9.40. The molecule has 146 valence electrons. The molecule has 0 saturated heterocycles. The highest BCUT2D eigenvalue weighted by atomic mass is 32.1. The van der Waals surface area contributed by atoms with Crippen LogP contribution in [0.15, 0.2) is 54.9 Å². The summed E-state index contributed by atoms with van der Waals surface area (Å²) in [6.45, 7) is 0. The van der Waals surface area contributed by atoms with Gasteiger partial charge in [-0.1, -0.05) is 36.4 Å². The number of benzene rings is 2. The molecule has 4 nitrogen and oxygen atoms in total. The van der Waals surface area contributed by atoms with Crippen LogP contribution in [0.3, 0.4) is 0 Å². The second-order valence-corrected chi connectivity index (χ2v) is 7.51. The number of fused-ring (bicyclic) bond motifs is 1. The molecule has 0 saturated carbocycles. The molecule has 2 aromatic heterocycles. The Hall–Kier alpha value is -3.26. The Balaban J connectivity index is 1.69. The number of carboxylic acid groups (broad SMARTS) is 1. The fourth-order valence-electron chi connectivity index (χ4n) is 3.16. The Morgan fingerprint density at radius 1 is 1.03 bits per heavy atom. The minimum absolute atomic E-state index is 0.0595. The third kappa shape index (κ3) is 3.71. The SMILES string of the molecule is O=C(O)C(c1ccccc1)c1cncc(Cc2nc3c(F)c(F)cc(F)c3s2)c1. The van der Waals surface area contributed by atoms with E-state index in [1.165, 1.54) is 12.4 Å². The molecule has 0 spiro atoms. The van der Waals surface area contributed by atoms with Crippen molar-refractivity contribution in [1.29, 1.82) is 0 Å². The number of hydrogen-bond acceptors (Lipinski definition) is 4. The molecule has 0 aliphatic heterocycles. The summed E-state index contributed by atoms with van der Waals surface area (Å²) in [4.78, 5) is 20.0. The molecule has 0 fully saturated rings. The minimum Gasteiger partial charge on any atom is -0.481 e. The number of nitrogens with zero attached hydrogens (tertiary/aromatic N) is 2. The molecule has 4 aromatic rings. The molecule has 29 heavy (non-hydrogen) atoms. The topological polar surface area (TPSA) is 63.1 Å². The molecular weight excluding hydrogens is 401 g/mol. The van der Waals surface area contributed by atoms with E-state index in [4.69, 9.17) is 0 Å². The van der Waals surface area contributed by atoms with Gasteiger partial charge >= 0.3 is 5.97 Å². The Morgan fingerprint density at radius 3 is 2.52 bits per heavy atom. The molecule has 0 aliphatic rings. The van der Waals surface area contributed by atoms with E-state index in [-0.39, 0.29) is 16.6 Å². The molecule has 1 unspecified atom stereocenters. The summed E-state index contributed by atoms with van der Waals surface area (Å²) in [5, 5.41) is 10.1. The number of aliphatic carboxylic acids is 1. The summed E-state index contributed by atoms with van der Waals surface area (Å²) < 4.78 is 41.2. The summed E-state index contributed by atoms with van der Waals surface area (Å²) in [5.41, 5.74) is 1.37. The predicted molar refractivity (Wildman–Crippen MR) is 102 cm³/mol. The highest BCUT2D eigenvalue weighted by Crippen LogP contribution is 2.31. The second-order valence-electron chi connectivity index (χ2n) is 6.42. The maximum absolute atomic E-state index is 13.9. The Labute approximate surface area is 167 Å². The van der Waals surface area contributed by atoms with Crippen LogP contribution in [0.1, 0.15) is 27.6 Å². The van der Waals surface area contributed by atoms with E-state index in [2.05, 4.69) is 9.97 Å². The van der Waals surface area contributed by atoms with Crippen LogP contribution < -0.4 is 0 Å². The first kappa shape index (κ1) is 19.1. The summed E-state index contributed by atoms with van der Waals surface area (Å²) in [6.07, 6.45) is 3.19. The number of rotatable bonds is 5. The van der Waals surface area contributed by atoms with Crippen molar-refractivity contribution < 1.29 is 23.1 Å². The third-order valence-corrected chi connectivity index (χ3v) is 5.51. The number of aromatic nitrogens is 2. The molecule has 2 aromatic carbocycles. The lowest BCUT2D eigenvalue weighted by Gasteiger charge is -2.13. The monoisotopic (exact) mass is 414 g/mol. The van der Waals surface area contributed by atoms with E-state index in [9.17, 15) is 23.1 Å². The van der Waals surface area contributed by atoms with Crippen LogP contribution in [0.4, 0.5) is 13.2 Å². The van der Waals surface area contributed by atoms with Crippen molar-refractivity contribution in [3.8, 4) is 0 Å². The van der Waals surface area contributed by atoms with Crippen molar-refractivity contribution in [1.82, 2.24) is 9.97 Å². The van der Waals surface area contributed by atoms with Crippen LogP contribution >= 0.6 is 11.3 Å². The van der Waals surface area contributed by atoms with Gasteiger partial charge < -0.3 is 5.11 Å². The van der Waals surface area contributed by atoms with Gasteiger partial charge in [0.1, 0.15) is 17.3 Å². The quantitative estimate of drug-likeness (QED) is 0.471. The first-order valence-electron chi connectivity index (χ1n) is 8.58. The van der Waals surface area contributed by atoms with E-state index < -0.39 is 29.3 Å². The van der Waals surface area contributed by atoms with E-state index in [1.54, 1.807) is 36.4 Å². The largest absolute Gasteiger partial charge is 0.481 e. The number of carbonyl (C=O) groups is 1. The van der Waals surface area contributed by atoms with Crippen molar-refractivity contribution in [2.24, 2.45) is 0 Å². The highest BCUT2D eigenvalue weighted by molar-refractivity contribution is 7.18. The van der Waals surface area contributed by atoms with Gasteiger partial charge in [-0.25, -0.2) is 18.2 Å². The maximum atomic E-state index is 13.9. The Morgan fingerprint density at radius 2 is 1.79 bits per heavy atom. The molecular formula is C21H13F3N2O2S. The van der Waals surface area contributed by atoms with Crippen molar-refractivity contribution in [3.05, 3.63) is 94.0 Å². The fourth-order valence-corrected chi connectivity index (χ4v) is 4.16. The van der Waals surface area contributed by atoms with Gasteiger partial charge in [0.15, 0.2) is 11.6 Å². The van der Waals surface area contributed by atoms with E-state index in [0.717, 1.165) is 11.3 Å². The van der Waals surface area contributed by atoms with Crippen molar-refractivity contribution in [2.45, 2.75) is 12.3 Å². The predicted octanol–water partition coefficient (Wildman–Crippen LogP) is 4.92. The normalized spacial score (nSPS) is 12.2. The first-order chi connectivity index (χ1) is 13.9. The van der Waals surface area contributed by atoms with Gasteiger partial charge in [-0.15, -0.1) is 11.3 Å². The minimum atomic E-state index is -1.29. The van der Waals surface area contributed by atoms with Crippen LogP contribution in [0.25, 0.3) is 10.2 Å². The molecule has 8 heteroatoms. The van der Waals surface area contributed by atoms with Crippen LogP contribution in [-0.4, -0.2) is 21.0 Å². The van der Waals surface area contributed by atoms with Crippen LogP contribution in [0.2, 0.25) is 0 Å². The molecule has 1 atom stereocenters. The van der Waals surface area contributed by atoms with Gasteiger partial charge in [-0.2, -0.15) is 0 Å². The lowest BCUT2D eigenvalue weighted by molar-refractivity contribution is -0.137. The van der Waals surface area contributed by atoms with Gasteiger partial charge in [0.25, 0.3) is 0 Å². The zero-order valence-electron chi connectivity index (χ0n) is 14.8. The average Bonchev–Trinajstić information content (AvgIpc) is 3.12. The van der Waals surface area contributed by atoms with Crippen molar-refractivity contribution in [3.63, 3.8) is 0 Å². The van der Waals surface area contributed by atoms with Gasteiger partial charge in [0.2, 0.25) is 0 Å². The Kier molecular flexibility index (Phi) is 5.02. The molecule has 0 bridgehead atoms. The zero-order valence-corrected chi connectivity index (χ0v) is 15.6. The fraction of sp³-hybridized carbons (Fsp3) is 0.0952. The lowest BCUT2D eigenvalue weighted by Crippen LogP contribution is -2.13. The van der Waals surface area contributed by atoms with Crippen LogP contribution in [-0.2, 0) is 11.2 Å². The number of carboxylic acids is 1. The van der Waals surface area contributed by atoms with E-state index in [0.29, 0.717) is 27.8 Å². The maximum Gasteiger partial charge on any atom is 0.315 e. The van der Waals surface area contributed by atoms with Crippen molar-refractivity contribution >= 4 is 27.5 Å². The zero-order chi connectivity index (χ0) is 20.5. The van der Waals surface area contributed by atoms with E-state index in [1.807, 2.05) is 0 Å². The third-order valence-electron chi connectivity index (χ3n) is 4.44. The average molecular weight is 414 g/mol. The summed E-state index contributed by atoms with van der Waals surface area (Å²) in [6, 6.07) is 10.9. The molecule has 2 heterocycles. The number of hydrogen-bond donors (Lipinski definition) is 1. The lowest BCUT2D eigenvalue weighted by atomic mass is 9.91. The second kappa shape index (κ2) is 7.63. The molecule has 4 rings (SSSR count). The molecule has 0 radical (unpaired) electrons. The van der Waals surface area contributed by atoms with Crippen molar-refractivity contribution in [2.75, 3.05) is 0 Å².